The molecule has 20 heavy (non-hydrogen) atoms. The lowest BCUT2D eigenvalue weighted by atomic mass is 10.3. The molecule has 0 aromatic heterocycles. The predicted molar refractivity (Wildman–Crippen MR) is 82.8 cm³/mol. The van der Waals surface area contributed by atoms with E-state index in [0.29, 0.717) is 13.2 Å². The molecule has 0 N–H and O–H groups in total. The Morgan fingerprint density at radius 1 is 1.05 bits per heavy atom. The maximum atomic E-state index is 5.73. The van der Waals surface area contributed by atoms with Gasteiger partial charge in [-0.1, -0.05) is 48.2 Å². The largest absolute Gasteiger partial charge is 0.492 e. The van der Waals surface area contributed by atoms with Crippen LogP contribution >= 0.6 is 11.8 Å². The van der Waals surface area contributed by atoms with Crippen molar-refractivity contribution in [2.24, 2.45) is 4.99 Å². The van der Waals surface area contributed by atoms with Crippen molar-refractivity contribution in [3.63, 3.8) is 0 Å². The van der Waals surface area contributed by atoms with Gasteiger partial charge in [0.15, 0.2) is 0 Å². The van der Waals surface area contributed by atoms with Crippen molar-refractivity contribution in [3.8, 4) is 5.75 Å². The Balaban J connectivity index is 1.54. The van der Waals surface area contributed by atoms with E-state index in [1.807, 2.05) is 60.7 Å². The number of nitrogens with zero attached hydrogens (tertiary/aromatic N) is 1. The Morgan fingerprint density at radius 2 is 1.75 bits per heavy atom. The Labute approximate surface area is 122 Å². The van der Waals surface area contributed by atoms with Gasteiger partial charge in [-0.15, -0.1) is 0 Å². The van der Waals surface area contributed by atoms with Crippen LogP contribution in [0.25, 0.3) is 0 Å². The zero-order chi connectivity index (χ0) is 13.6. The first-order valence-corrected chi connectivity index (χ1v) is 7.39. The molecule has 0 spiro atoms. The highest BCUT2D eigenvalue weighted by atomic mass is 32.2. The molecule has 4 heteroatoms. The molecule has 0 bridgehead atoms. The quantitative estimate of drug-likeness (QED) is 0.854. The standard InChI is InChI=1S/C16H15NO2S/c1-3-7-13(8-4-1)17-16-19-12-15(20-16)11-18-14-9-5-2-6-10-14/h1-10,15H,11-12H2/t15-/m1/s1. The van der Waals surface area contributed by atoms with Crippen LogP contribution in [0.1, 0.15) is 0 Å². The van der Waals surface area contributed by atoms with Crippen molar-refractivity contribution in [1.82, 2.24) is 0 Å². The van der Waals surface area contributed by atoms with Crippen molar-refractivity contribution in [2.45, 2.75) is 5.25 Å². The lowest BCUT2D eigenvalue weighted by molar-refractivity contribution is 0.262. The van der Waals surface area contributed by atoms with Crippen molar-refractivity contribution in [3.05, 3.63) is 60.7 Å². The molecule has 0 amide bonds. The van der Waals surface area contributed by atoms with Crippen LogP contribution in [0.4, 0.5) is 5.69 Å². The lowest BCUT2D eigenvalue weighted by Crippen LogP contribution is -2.14. The number of thioether (sulfide) groups is 1. The number of rotatable bonds is 4. The summed E-state index contributed by atoms with van der Waals surface area (Å²) in [4.78, 5) is 4.47. The second-order valence-corrected chi connectivity index (χ2v) is 5.64. The van der Waals surface area contributed by atoms with Gasteiger partial charge in [0, 0.05) is 0 Å². The third-order valence-corrected chi connectivity index (χ3v) is 3.83. The molecule has 3 nitrogen and oxygen atoms in total. The molecule has 3 rings (SSSR count). The normalized spacial score (nSPS) is 19.8. The van der Waals surface area contributed by atoms with E-state index in [4.69, 9.17) is 9.47 Å². The van der Waals surface area contributed by atoms with Crippen LogP contribution < -0.4 is 4.74 Å². The summed E-state index contributed by atoms with van der Waals surface area (Å²) in [6, 6.07) is 19.7. The number of hydrogen-bond donors (Lipinski definition) is 0. The van der Waals surface area contributed by atoms with Crippen LogP contribution in [0.15, 0.2) is 65.7 Å². The maximum absolute atomic E-state index is 5.73. The van der Waals surface area contributed by atoms with E-state index in [9.17, 15) is 0 Å². The average molecular weight is 285 g/mol. The summed E-state index contributed by atoms with van der Waals surface area (Å²) in [6.45, 7) is 1.27. The van der Waals surface area contributed by atoms with E-state index in [0.717, 1.165) is 16.7 Å². The number of aliphatic imine (C=N–C) groups is 1. The van der Waals surface area contributed by atoms with E-state index in [2.05, 4.69) is 4.99 Å². The van der Waals surface area contributed by atoms with Crippen molar-refractivity contribution < 1.29 is 9.47 Å². The highest BCUT2D eigenvalue weighted by Crippen LogP contribution is 2.26. The molecule has 0 aliphatic carbocycles. The lowest BCUT2D eigenvalue weighted by Gasteiger charge is -2.08. The summed E-state index contributed by atoms with van der Waals surface area (Å²) >= 11 is 1.63. The fraction of sp³-hybridized carbons (Fsp3) is 0.188. The zero-order valence-corrected chi connectivity index (χ0v) is 11.8. The Bertz CT molecular complexity index is 572. The second kappa shape index (κ2) is 6.48. The Morgan fingerprint density at radius 3 is 2.50 bits per heavy atom. The molecule has 1 aliphatic rings. The zero-order valence-electron chi connectivity index (χ0n) is 10.9. The molecule has 1 fully saturated rings. The van der Waals surface area contributed by atoms with Crippen LogP contribution in [-0.2, 0) is 4.74 Å². The minimum absolute atomic E-state index is 0.290. The third-order valence-electron chi connectivity index (χ3n) is 2.82. The van der Waals surface area contributed by atoms with E-state index < -0.39 is 0 Å². The Kier molecular flexibility index (Phi) is 4.23. The molecule has 1 heterocycles. The molecular weight excluding hydrogens is 270 g/mol. The number of hydrogen-bond acceptors (Lipinski definition) is 4. The monoisotopic (exact) mass is 285 g/mol. The number of ether oxygens (including phenoxy) is 2. The molecule has 2 aromatic carbocycles. The molecule has 0 unspecified atom stereocenters. The molecule has 1 saturated heterocycles. The molecule has 102 valence electrons. The summed E-state index contributed by atoms with van der Waals surface area (Å²) in [5, 5.41) is 1.01. The fourth-order valence-electron chi connectivity index (χ4n) is 1.83. The van der Waals surface area contributed by atoms with Crippen LogP contribution in [0, 0.1) is 0 Å². The second-order valence-electron chi connectivity index (χ2n) is 4.39. The first-order valence-electron chi connectivity index (χ1n) is 6.51. The minimum Gasteiger partial charge on any atom is -0.492 e. The summed E-state index contributed by atoms with van der Waals surface area (Å²) in [5.74, 6) is 0.890. The molecule has 0 radical (unpaired) electrons. The van der Waals surface area contributed by atoms with Gasteiger partial charge >= 0.3 is 0 Å². The van der Waals surface area contributed by atoms with E-state index in [1.54, 1.807) is 11.8 Å². The van der Waals surface area contributed by atoms with Gasteiger partial charge in [0.1, 0.15) is 19.0 Å². The van der Waals surface area contributed by atoms with E-state index in [1.165, 1.54) is 0 Å². The summed E-state index contributed by atoms with van der Waals surface area (Å²) in [6.07, 6.45) is 0. The molecule has 2 aromatic rings. The SMILES string of the molecule is c1ccc(N=C2OC[C@@H](COc3ccccc3)S2)cc1. The smallest absolute Gasteiger partial charge is 0.251 e. The summed E-state index contributed by atoms with van der Waals surface area (Å²) in [5.41, 5.74) is 0.916. The first-order chi connectivity index (χ1) is 9.90. The third kappa shape index (κ3) is 3.54. The van der Waals surface area contributed by atoms with E-state index >= 15 is 0 Å². The van der Waals surface area contributed by atoms with Crippen LogP contribution in [0.3, 0.4) is 0 Å². The molecule has 0 saturated carbocycles. The predicted octanol–water partition coefficient (Wildman–Crippen LogP) is 3.89. The molecule has 1 atom stereocenters. The van der Waals surface area contributed by atoms with Gasteiger partial charge in [0.25, 0.3) is 5.23 Å². The maximum Gasteiger partial charge on any atom is 0.251 e. The Hall–Kier alpha value is -1.94. The number of benzene rings is 2. The van der Waals surface area contributed by atoms with Gasteiger partial charge < -0.3 is 9.47 Å². The van der Waals surface area contributed by atoms with Gasteiger partial charge in [0.05, 0.1) is 10.9 Å². The van der Waals surface area contributed by atoms with Crippen molar-refractivity contribution in [2.75, 3.05) is 13.2 Å². The average Bonchev–Trinajstić information content (AvgIpc) is 2.95. The molecular formula is C16H15NO2S. The number of para-hydroxylation sites is 2. The van der Waals surface area contributed by atoms with Crippen LogP contribution in [0.5, 0.6) is 5.75 Å². The van der Waals surface area contributed by atoms with Crippen LogP contribution in [-0.4, -0.2) is 23.7 Å². The highest BCUT2D eigenvalue weighted by Gasteiger charge is 2.24. The summed E-state index contributed by atoms with van der Waals surface area (Å²) < 4.78 is 11.3. The van der Waals surface area contributed by atoms with Gasteiger partial charge in [-0.05, 0) is 24.3 Å². The van der Waals surface area contributed by atoms with E-state index in [-0.39, 0.29) is 5.25 Å². The first kappa shape index (κ1) is 13.1. The van der Waals surface area contributed by atoms with Crippen molar-refractivity contribution >= 4 is 22.7 Å². The van der Waals surface area contributed by atoms with Gasteiger partial charge in [-0.3, -0.25) is 0 Å². The molecule has 1 aliphatic heterocycles. The van der Waals surface area contributed by atoms with Gasteiger partial charge in [-0.25, -0.2) is 4.99 Å². The van der Waals surface area contributed by atoms with Gasteiger partial charge in [0.2, 0.25) is 0 Å². The summed E-state index contributed by atoms with van der Waals surface area (Å²) in [7, 11) is 0. The van der Waals surface area contributed by atoms with Gasteiger partial charge in [-0.2, -0.15) is 0 Å². The van der Waals surface area contributed by atoms with Crippen molar-refractivity contribution in [1.29, 1.82) is 0 Å². The topological polar surface area (TPSA) is 30.8 Å². The minimum atomic E-state index is 0.290. The highest BCUT2D eigenvalue weighted by molar-refractivity contribution is 8.14. The fourth-order valence-corrected chi connectivity index (χ4v) is 2.68. The van der Waals surface area contributed by atoms with Crippen LogP contribution in [0.2, 0.25) is 0 Å².